The molecule has 7 heteroatoms. The second kappa shape index (κ2) is 5.54. The van der Waals surface area contributed by atoms with Crippen LogP contribution in [0.4, 0.5) is 14.5 Å². The van der Waals surface area contributed by atoms with E-state index in [1.807, 2.05) is 0 Å². The average molecular weight is 302 g/mol. The molecule has 0 heterocycles. The minimum Gasteiger partial charge on any atom is -0.258 e. The number of benzene rings is 2. The molecule has 0 spiro atoms. The zero-order chi connectivity index (χ0) is 14.0. The van der Waals surface area contributed by atoms with Gasteiger partial charge in [0.2, 0.25) is 0 Å². The highest BCUT2D eigenvalue weighted by Crippen LogP contribution is 2.36. The predicted octanol–water partition coefficient (Wildman–Crippen LogP) is 4.68. The maximum atomic E-state index is 13.5. The topological polar surface area (TPSA) is 43.1 Å². The first-order chi connectivity index (χ1) is 8.97. The minimum atomic E-state index is -0.709. The maximum absolute atomic E-state index is 13.5. The molecule has 0 bridgehead atoms. The summed E-state index contributed by atoms with van der Waals surface area (Å²) in [6.45, 7) is 0. The van der Waals surface area contributed by atoms with Crippen LogP contribution in [-0.4, -0.2) is 4.92 Å². The lowest BCUT2D eigenvalue weighted by Gasteiger charge is -2.05. The SMILES string of the molecule is O=[N+]([O-])c1ccc(Sc2ccc(F)cc2F)c(Cl)c1. The highest BCUT2D eigenvalue weighted by Gasteiger charge is 2.12. The number of nitro groups is 1. The molecular weight excluding hydrogens is 296 g/mol. The van der Waals surface area contributed by atoms with Crippen LogP contribution in [0, 0.1) is 21.7 Å². The molecule has 0 saturated heterocycles. The van der Waals surface area contributed by atoms with Gasteiger partial charge in [-0.05, 0) is 18.2 Å². The van der Waals surface area contributed by atoms with Crippen molar-refractivity contribution in [3.05, 3.63) is 63.2 Å². The molecule has 2 aromatic rings. The van der Waals surface area contributed by atoms with Crippen LogP contribution in [-0.2, 0) is 0 Å². The molecule has 0 aliphatic heterocycles. The zero-order valence-corrected chi connectivity index (χ0v) is 10.8. The lowest BCUT2D eigenvalue weighted by molar-refractivity contribution is -0.384. The molecular formula is C12H6ClF2NO2S. The maximum Gasteiger partial charge on any atom is 0.270 e. The molecule has 0 radical (unpaired) electrons. The van der Waals surface area contributed by atoms with E-state index in [1.54, 1.807) is 0 Å². The second-order valence-corrected chi connectivity index (χ2v) is 5.04. The summed E-state index contributed by atoms with van der Waals surface area (Å²) in [4.78, 5) is 10.6. The fraction of sp³-hybridized carbons (Fsp3) is 0. The standard InChI is InChI=1S/C12H6ClF2NO2S/c13-9-6-8(16(17)18)2-4-11(9)19-12-3-1-7(14)5-10(12)15/h1-6H. The number of nitrogens with zero attached hydrogens (tertiary/aromatic N) is 1. The smallest absolute Gasteiger partial charge is 0.258 e. The molecule has 2 rings (SSSR count). The number of halogens is 3. The van der Waals surface area contributed by atoms with Gasteiger partial charge in [0.1, 0.15) is 11.6 Å². The number of nitro benzene ring substituents is 1. The Kier molecular flexibility index (Phi) is 4.01. The van der Waals surface area contributed by atoms with E-state index < -0.39 is 16.6 Å². The molecule has 0 fully saturated rings. The number of rotatable bonds is 3. The van der Waals surface area contributed by atoms with Crippen molar-refractivity contribution in [3.8, 4) is 0 Å². The first kappa shape index (κ1) is 13.8. The molecule has 0 saturated carbocycles. The normalized spacial score (nSPS) is 10.5. The van der Waals surface area contributed by atoms with Gasteiger partial charge in [0.25, 0.3) is 5.69 Å². The Hall–Kier alpha value is -1.66. The molecule has 0 aromatic heterocycles. The van der Waals surface area contributed by atoms with E-state index in [9.17, 15) is 18.9 Å². The van der Waals surface area contributed by atoms with Crippen LogP contribution in [0.2, 0.25) is 5.02 Å². The first-order valence-corrected chi connectivity index (χ1v) is 6.23. The van der Waals surface area contributed by atoms with E-state index in [4.69, 9.17) is 11.6 Å². The first-order valence-electron chi connectivity index (χ1n) is 5.04. The van der Waals surface area contributed by atoms with Crippen molar-refractivity contribution in [3.63, 3.8) is 0 Å². The lowest BCUT2D eigenvalue weighted by atomic mass is 10.3. The van der Waals surface area contributed by atoms with Crippen molar-refractivity contribution in [1.82, 2.24) is 0 Å². The van der Waals surface area contributed by atoms with Crippen molar-refractivity contribution in [2.75, 3.05) is 0 Å². The molecule has 0 aliphatic rings. The summed E-state index contributed by atoms with van der Waals surface area (Å²) in [5.74, 6) is -1.38. The third kappa shape index (κ3) is 3.21. The van der Waals surface area contributed by atoms with Gasteiger partial charge < -0.3 is 0 Å². The Labute approximate surface area is 116 Å². The van der Waals surface area contributed by atoms with Crippen LogP contribution in [0.15, 0.2) is 46.2 Å². The van der Waals surface area contributed by atoms with Crippen molar-refractivity contribution in [1.29, 1.82) is 0 Å². The zero-order valence-electron chi connectivity index (χ0n) is 9.27. The van der Waals surface area contributed by atoms with E-state index in [0.717, 1.165) is 23.9 Å². The van der Waals surface area contributed by atoms with Gasteiger partial charge in [0.15, 0.2) is 0 Å². The van der Waals surface area contributed by atoms with Crippen molar-refractivity contribution >= 4 is 29.1 Å². The van der Waals surface area contributed by atoms with Crippen molar-refractivity contribution in [2.45, 2.75) is 9.79 Å². The number of hydrogen-bond donors (Lipinski definition) is 0. The van der Waals surface area contributed by atoms with Gasteiger partial charge in [0.05, 0.1) is 9.95 Å². The Bertz CT molecular complexity index is 652. The van der Waals surface area contributed by atoms with E-state index in [1.165, 1.54) is 24.3 Å². The van der Waals surface area contributed by atoms with Crippen LogP contribution in [0.25, 0.3) is 0 Å². The molecule has 0 unspecified atom stereocenters. The summed E-state index contributed by atoms with van der Waals surface area (Å²) >= 11 is 6.86. The van der Waals surface area contributed by atoms with Crippen LogP contribution in [0.5, 0.6) is 0 Å². The molecule has 3 nitrogen and oxygen atoms in total. The van der Waals surface area contributed by atoms with Gasteiger partial charge in [-0.1, -0.05) is 23.4 Å². The van der Waals surface area contributed by atoms with Crippen LogP contribution in [0.1, 0.15) is 0 Å². The third-order valence-corrected chi connectivity index (χ3v) is 3.79. The molecule has 0 N–H and O–H groups in total. The highest BCUT2D eigenvalue weighted by molar-refractivity contribution is 7.99. The molecule has 0 aliphatic carbocycles. The molecule has 0 atom stereocenters. The fourth-order valence-electron chi connectivity index (χ4n) is 1.36. The monoisotopic (exact) mass is 301 g/mol. The Morgan fingerprint density at radius 2 is 1.79 bits per heavy atom. The van der Waals surface area contributed by atoms with Gasteiger partial charge >= 0.3 is 0 Å². The van der Waals surface area contributed by atoms with E-state index in [0.29, 0.717) is 4.90 Å². The van der Waals surface area contributed by atoms with Crippen LogP contribution < -0.4 is 0 Å². The minimum absolute atomic E-state index is 0.142. The average Bonchev–Trinajstić information content (AvgIpc) is 2.34. The van der Waals surface area contributed by atoms with Gasteiger partial charge in [-0.3, -0.25) is 10.1 Å². The van der Waals surface area contributed by atoms with Crippen molar-refractivity contribution in [2.24, 2.45) is 0 Å². The van der Waals surface area contributed by atoms with E-state index >= 15 is 0 Å². The van der Waals surface area contributed by atoms with Gasteiger partial charge in [0, 0.05) is 28.0 Å². The van der Waals surface area contributed by atoms with Crippen LogP contribution in [0.3, 0.4) is 0 Å². The molecule has 98 valence electrons. The molecule has 2 aromatic carbocycles. The number of hydrogen-bond acceptors (Lipinski definition) is 3. The Morgan fingerprint density at radius 1 is 1.11 bits per heavy atom. The number of non-ortho nitro benzene ring substituents is 1. The molecule has 19 heavy (non-hydrogen) atoms. The Balaban J connectivity index is 2.31. The summed E-state index contributed by atoms with van der Waals surface area (Å²) in [6.07, 6.45) is 0. The van der Waals surface area contributed by atoms with Crippen molar-refractivity contribution < 1.29 is 13.7 Å². The van der Waals surface area contributed by atoms with E-state index in [-0.39, 0.29) is 15.6 Å². The third-order valence-electron chi connectivity index (χ3n) is 2.24. The van der Waals surface area contributed by atoms with Crippen LogP contribution >= 0.6 is 23.4 Å². The highest BCUT2D eigenvalue weighted by atomic mass is 35.5. The summed E-state index contributed by atoms with van der Waals surface area (Å²) in [6, 6.07) is 7.06. The summed E-state index contributed by atoms with van der Waals surface area (Å²) in [5.41, 5.74) is -0.145. The summed E-state index contributed by atoms with van der Waals surface area (Å²) in [5, 5.41) is 10.7. The largest absolute Gasteiger partial charge is 0.270 e. The predicted molar refractivity (Wildman–Crippen MR) is 68.6 cm³/mol. The Morgan fingerprint density at radius 3 is 2.37 bits per heavy atom. The fourth-order valence-corrected chi connectivity index (χ4v) is 2.47. The quantitative estimate of drug-likeness (QED) is 0.611. The van der Waals surface area contributed by atoms with Gasteiger partial charge in [-0.15, -0.1) is 0 Å². The molecule has 0 amide bonds. The summed E-state index contributed by atoms with van der Waals surface area (Å²) in [7, 11) is 0. The van der Waals surface area contributed by atoms with Gasteiger partial charge in [-0.25, -0.2) is 8.78 Å². The summed E-state index contributed by atoms with van der Waals surface area (Å²) < 4.78 is 26.2. The van der Waals surface area contributed by atoms with Gasteiger partial charge in [-0.2, -0.15) is 0 Å². The van der Waals surface area contributed by atoms with E-state index in [2.05, 4.69) is 0 Å². The lowest BCUT2D eigenvalue weighted by Crippen LogP contribution is -1.88. The second-order valence-electron chi connectivity index (χ2n) is 3.55.